The number of hydrogen-bond donors (Lipinski definition) is 0. The Morgan fingerprint density at radius 2 is 1.65 bits per heavy atom. The summed E-state index contributed by atoms with van der Waals surface area (Å²) >= 11 is 0. The van der Waals surface area contributed by atoms with Gasteiger partial charge in [-0.15, -0.1) is 0 Å². The molecule has 31 heavy (non-hydrogen) atoms. The van der Waals surface area contributed by atoms with Crippen molar-refractivity contribution in [3.8, 4) is 17.2 Å². The van der Waals surface area contributed by atoms with E-state index < -0.39 is 0 Å². The molecule has 0 radical (unpaired) electrons. The average Bonchev–Trinajstić information content (AvgIpc) is 3.00. The second-order valence-corrected chi connectivity index (χ2v) is 7.51. The number of aliphatic imine (C=N–C) groups is 1. The molecule has 2 aliphatic heterocycles. The number of amidine groups is 1. The molecular formula is C25H23N3O3. The zero-order chi connectivity index (χ0) is 21.2. The molecule has 6 heteroatoms. The van der Waals surface area contributed by atoms with Crippen LogP contribution in [0.2, 0.25) is 0 Å². The van der Waals surface area contributed by atoms with Gasteiger partial charge in [-0.3, -0.25) is 4.79 Å². The van der Waals surface area contributed by atoms with E-state index in [0.29, 0.717) is 26.2 Å². The summed E-state index contributed by atoms with van der Waals surface area (Å²) in [6, 6.07) is 23.0. The minimum atomic E-state index is 0.0683. The van der Waals surface area contributed by atoms with Crippen LogP contribution in [-0.4, -0.2) is 54.8 Å². The molecule has 0 aromatic heterocycles. The van der Waals surface area contributed by atoms with Crippen LogP contribution in [0.3, 0.4) is 0 Å². The molecule has 1 saturated heterocycles. The monoisotopic (exact) mass is 413 g/mol. The Kier molecular flexibility index (Phi) is 5.04. The molecule has 1 amide bonds. The van der Waals surface area contributed by atoms with E-state index in [-0.39, 0.29) is 5.91 Å². The highest BCUT2D eigenvalue weighted by Crippen LogP contribution is 2.39. The largest absolute Gasteiger partial charge is 0.497 e. The van der Waals surface area contributed by atoms with E-state index in [1.807, 2.05) is 77.7 Å². The van der Waals surface area contributed by atoms with Crippen molar-refractivity contribution in [2.24, 2.45) is 4.99 Å². The number of ether oxygens (including phenoxy) is 2. The molecule has 2 heterocycles. The molecular weight excluding hydrogens is 390 g/mol. The van der Waals surface area contributed by atoms with E-state index in [1.54, 1.807) is 7.11 Å². The van der Waals surface area contributed by atoms with E-state index in [2.05, 4.69) is 4.90 Å². The third-order valence-corrected chi connectivity index (χ3v) is 5.63. The van der Waals surface area contributed by atoms with Crippen molar-refractivity contribution in [2.45, 2.75) is 0 Å². The predicted octanol–water partition coefficient (Wildman–Crippen LogP) is 4.34. The van der Waals surface area contributed by atoms with E-state index in [9.17, 15) is 4.79 Å². The number of piperazine rings is 1. The predicted molar refractivity (Wildman–Crippen MR) is 120 cm³/mol. The summed E-state index contributed by atoms with van der Waals surface area (Å²) in [5.74, 6) is 3.12. The van der Waals surface area contributed by atoms with Gasteiger partial charge in [0.05, 0.1) is 12.7 Å². The Morgan fingerprint density at radius 1 is 0.903 bits per heavy atom. The van der Waals surface area contributed by atoms with Crippen molar-refractivity contribution in [1.29, 1.82) is 0 Å². The third-order valence-electron chi connectivity index (χ3n) is 5.63. The number of benzene rings is 3. The van der Waals surface area contributed by atoms with Gasteiger partial charge in [-0.25, -0.2) is 4.99 Å². The van der Waals surface area contributed by atoms with Crippen LogP contribution in [0.5, 0.6) is 17.2 Å². The Morgan fingerprint density at radius 3 is 2.42 bits per heavy atom. The molecule has 0 bridgehead atoms. The third kappa shape index (κ3) is 3.72. The minimum absolute atomic E-state index is 0.0683. The molecule has 0 spiro atoms. The van der Waals surface area contributed by atoms with Gasteiger partial charge in [0.15, 0.2) is 5.75 Å². The molecule has 0 saturated carbocycles. The number of methoxy groups -OCH3 is 1. The van der Waals surface area contributed by atoms with Gasteiger partial charge in [0, 0.05) is 31.7 Å². The standard InChI is InChI=1S/C25H23N3O3/c1-30-19-11-12-22-20(17-19)24(26-21-9-5-6-10-23(21)31-22)27-13-15-28(16-14-27)25(29)18-7-3-2-4-8-18/h2-12,17H,13-16H2,1H3. The first-order valence-corrected chi connectivity index (χ1v) is 10.4. The van der Waals surface area contributed by atoms with Crippen molar-refractivity contribution in [3.63, 3.8) is 0 Å². The second kappa shape index (κ2) is 8.14. The van der Waals surface area contributed by atoms with E-state index in [1.165, 1.54) is 0 Å². The van der Waals surface area contributed by atoms with Crippen molar-refractivity contribution in [3.05, 3.63) is 83.9 Å². The highest BCUT2D eigenvalue weighted by molar-refractivity contribution is 6.04. The molecule has 0 N–H and O–H groups in total. The molecule has 156 valence electrons. The highest BCUT2D eigenvalue weighted by Gasteiger charge is 2.28. The molecule has 0 atom stereocenters. The maximum Gasteiger partial charge on any atom is 0.253 e. The SMILES string of the molecule is COc1ccc2c(c1)C(N1CCN(C(=O)c3ccccc3)CC1)=Nc1ccccc1O2. The van der Waals surface area contributed by atoms with Gasteiger partial charge in [-0.1, -0.05) is 30.3 Å². The maximum absolute atomic E-state index is 12.8. The normalized spacial score (nSPS) is 15.2. The Bertz CT molecular complexity index is 1140. The quantitative estimate of drug-likeness (QED) is 0.627. The smallest absolute Gasteiger partial charge is 0.253 e. The number of amides is 1. The van der Waals surface area contributed by atoms with Gasteiger partial charge < -0.3 is 19.3 Å². The molecule has 3 aromatic carbocycles. The first-order chi connectivity index (χ1) is 15.2. The van der Waals surface area contributed by atoms with Crippen molar-refractivity contribution in [2.75, 3.05) is 33.3 Å². The highest BCUT2D eigenvalue weighted by atomic mass is 16.5. The fraction of sp³-hybridized carbons (Fsp3) is 0.200. The maximum atomic E-state index is 12.8. The lowest BCUT2D eigenvalue weighted by Crippen LogP contribution is -2.50. The number of para-hydroxylation sites is 2. The van der Waals surface area contributed by atoms with Gasteiger partial charge in [-0.05, 0) is 42.5 Å². The van der Waals surface area contributed by atoms with Gasteiger partial charge in [0.25, 0.3) is 5.91 Å². The van der Waals surface area contributed by atoms with Crippen LogP contribution in [0, 0.1) is 0 Å². The Labute approximate surface area is 181 Å². The fourth-order valence-corrected chi connectivity index (χ4v) is 3.95. The molecule has 1 fully saturated rings. The zero-order valence-electron chi connectivity index (χ0n) is 17.3. The summed E-state index contributed by atoms with van der Waals surface area (Å²) in [4.78, 5) is 21.9. The van der Waals surface area contributed by atoms with Gasteiger partial charge in [0.2, 0.25) is 0 Å². The lowest BCUT2D eigenvalue weighted by atomic mass is 10.1. The molecule has 6 nitrogen and oxygen atoms in total. The summed E-state index contributed by atoms with van der Waals surface area (Å²) in [5.41, 5.74) is 2.40. The summed E-state index contributed by atoms with van der Waals surface area (Å²) in [6.45, 7) is 2.65. The van der Waals surface area contributed by atoms with Gasteiger partial charge in [-0.2, -0.15) is 0 Å². The van der Waals surface area contributed by atoms with Crippen LogP contribution in [0.25, 0.3) is 0 Å². The van der Waals surface area contributed by atoms with Gasteiger partial charge in [0.1, 0.15) is 23.0 Å². The van der Waals surface area contributed by atoms with Crippen LogP contribution in [0.1, 0.15) is 15.9 Å². The first kappa shape index (κ1) is 19.2. The molecule has 0 unspecified atom stereocenters. The van der Waals surface area contributed by atoms with Crippen LogP contribution in [0.15, 0.2) is 77.8 Å². The van der Waals surface area contributed by atoms with Crippen molar-refractivity contribution < 1.29 is 14.3 Å². The van der Waals surface area contributed by atoms with Crippen LogP contribution < -0.4 is 9.47 Å². The van der Waals surface area contributed by atoms with Crippen molar-refractivity contribution in [1.82, 2.24) is 9.80 Å². The molecule has 3 aromatic rings. The topological polar surface area (TPSA) is 54.4 Å². The first-order valence-electron chi connectivity index (χ1n) is 10.4. The van der Waals surface area contributed by atoms with E-state index in [0.717, 1.165) is 39.9 Å². The summed E-state index contributed by atoms with van der Waals surface area (Å²) < 4.78 is 11.6. The zero-order valence-corrected chi connectivity index (χ0v) is 17.3. The number of nitrogens with zero attached hydrogens (tertiary/aromatic N) is 3. The number of fused-ring (bicyclic) bond motifs is 2. The number of carbonyl (C=O) groups is 1. The second-order valence-electron chi connectivity index (χ2n) is 7.51. The summed E-state index contributed by atoms with van der Waals surface area (Å²) in [6.07, 6.45) is 0. The van der Waals surface area contributed by atoms with Crippen LogP contribution >= 0.6 is 0 Å². The Balaban J connectivity index is 1.44. The fourth-order valence-electron chi connectivity index (χ4n) is 3.95. The number of rotatable bonds is 2. The summed E-state index contributed by atoms with van der Waals surface area (Å²) in [7, 11) is 1.65. The van der Waals surface area contributed by atoms with E-state index in [4.69, 9.17) is 14.5 Å². The van der Waals surface area contributed by atoms with E-state index >= 15 is 0 Å². The van der Waals surface area contributed by atoms with Gasteiger partial charge >= 0.3 is 0 Å². The van der Waals surface area contributed by atoms with Crippen LogP contribution in [0.4, 0.5) is 5.69 Å². The van der Waals surface area contributed by atoms with Crippen molar-refractivity contribution >= 4 is 17.4 Å². The lowest BCUT2D eigenvalue weighted by Gasteiger charge is -2.36. The number of carbonyl (C=O) groups excluding carboxylic acids is 1. The number of hydrogen-bond acceptors (Lipinski definition) is 5. The summed E-state index contributed by atoms with van der Waals surface area (Å²) in [5, 5.41) is 0. The molecule has 0 aliphatic carbocycles. The minimum Gasteiger partial charge on any atom is -0.497 e. The van der Waals surface area contributed by atoms with Crippen LogP contribution in [-0.2, 0) is 0 Å². The molecule has 5 rings (SSSR count). The molecule has 2 aliphatic rings. The average molecular weight is 413 g/mol. The Hall–Kier alpha value is -3.80. The lowest BCUT2D eigenvalue weighted by molar-refractivity contribution is 0.0692.